The highest BCUT2D eigenvalue weighted by Crippen LogP contribution is 2.26. The molecule has 2 rings (SSSR count). The molecule has 2 aliphatic rings. The van der Waals surface area contributed by atoms with Crippen molar-refractivity contribution < 1.29 is 11.0 Å². The number of piperidine rings is 1. The first-order valence-electron chi connectivity index (χ1n) is 8.67. The van der Waals surface area contributed by atoms with Crippen LogP contribution in [0.4, 0.5) is 4.79 Å². The van der Waals surface area contributed by atoms with Crippen LogP contribution >= 0.6 is 0 Å². The van der Waals surface area contributed by atoms with Gasteiger partial charge in [0.05, 0.1) is 0 Å². The second kappa shape index (κ2) is 8.62. The molecule has 0 bridgehead atoms. The van der Waals surface area contributed by atoms with Gasteiger partial charge in [0.2, 0.25) is 0 Å². The van der Waals surface area contributed by atoms with Gasteiger partial charge in [0.1, 0.15) is 5.60 Å². The van der Waals surface area contributed by atoms with Crippen LogP contribution in [0.1, 0.15) is 74.6 Å². The first-order chi connectivity index (χ1) is 9.94. The number of rotatable bonds is 2. The minimum absolute atomic E-state index is 0. The molecular weight excluding hydrogens is 264 g/mol. The molecule has 0 unspecified atom stereocenters. The molecule has 4 nitrogen and oxygen atoms in total. The molecule has 0 aromatic carbocycles. The summed E-state index contributed by atoms with van der Waals surface area (Å²) in [6.45, 7) is 11.9. The van der Waals surface area contributed by atoms with E-state index in [4.69, 9.17) is 4.74 Å². The Balaban J connectivity index is 0.00000141. The molecule has 1 saturated heterocycles. The van der Waals surface area contributed by atoms with Crippen LogP contribution < -0.4 is 5.32 Å². The maximum Gasteiger partial charge on any atom is 0.407 e. The zero-order chi connectivity index (χ0) is 15.9. The maximum atomic E-state index is 11.7. The Labute approximate surface area is 132 Å². The molecule has 2 fully saturated rings. The van der Waals surface area contributed by atoms with E-state index >= 15 is 0 Å². The van der Waals surface area contributed by atoms with Crippen LogP contribution in [0.15, 0.2) is 0 Å². The molecule has 21 heavy (non-hydrogen) atoms. The predicted octanol–water partition coefficient (Wildman–Crippen LogP) is 4.19. The quantitative estimate of drug-likeness (QED) is 0.831. The van der Waals surface area contributed by atoms with Gasteiger partial charge < -0.3 is 15.0 Å². The van der Waals surface area contributed by atoms with E-state index in [1.807, 2.05) is 34.6 Å². The van der Waals surface area contributed by atoms with Gasteiger partial charge in [-0.1, -0.05) is 26.7 Å². The Morgan fingerprint density at radius 3 is 2.10 bits per heavy atom. The van der Waals surface area contributed by atoms with Gasteiger partial charge in [0.25, 0.3) is 0 Å². The van der Waals surface area contributed by atoms with Crippen molar-refractivity contribution >= 4 is 6.09 Å². The topological polar surface area (TPSA) is 41.6 Å². The summed E-state index contributed by atoms with van der Waals surface area (Å²) in [6, 6.07) is 1.09. The minimum Gasteiger partial charge on any atom is -0.444 e. The smallest absolute Gasteiger partial charge is 0.407 e. The summed E-state index contributed by atoms with van der Waals surface area (Å²) < 4.78 is 5.30. The van der Waals surface area contributed by atoms with Gasteiger partial charge in [-0.2, -0.15) is 0 Å². The SMILES string of the molecule is CC.CC(C)(C)OC(=O)NC1CCN(C2CCCC2)CC1.[HH]. The number of amides is 1. The molecule has 4 heteroatoms. The molecule has 1 amide bonds. The van der Waals surface area contributed by atoms with Gasteiger partial charge in [-0.15, -0.1) is 0 Å². The Hall–Kier alpha value is -0.770. The normalized spacial score (nSPS) is 21.6. The van der Waals surface area contributed by atoms with E-state index in [9.17, 15) is 4.79 Å². The zero-order valence-corrected chi connectivity index (χ0v) is 14.6. The van der Waals surface area contributed by atoms with Crippen molar-refractivity contribution in [2.75, 3.05) is 13.1 Å². The third-order valence-electron chi connectivity index (χ3n) is 4.09. The van der Waals surface area contributed by atoms with Gasteiger partial charge in [0, 0.05) is 26.6 Å². The number of ether oxygens (including phenoxy) is 1. The Morgan fingerprint density at radius 2 is 1.62 bits per heavy atom. The maximum absolute atomic E-state index is 11.7. The zero-order valence-electron chi connectivity index (χ0n) is 14.6. The molecule has 0 atom stereocenters. The molecule has 0 spiro atoms. The van der Waals surface area contributed by atoms with E-state index in [0.717, 1.165) is 32.0 Å². The lowest BCUT2D eigenvalue weighted by atomic mass is 10.0. The number of hydrogen-bond acceptors (Lipinski definition) is 3. The fraction of sp³-hybridized carbons (Fsp3) is 0.941. The highest BCUT2D eigenvalue weighted by molar-refractivity contribution is 5.68. The summed E-state index contributed by atoms with van der Waals surface area (Å²) in [5, 5.41) is 3.00. The molecule has 0 radical (unpaired) electrons. The van der Waals surface area contributed by atoms with E-state index in [0.29, 0.717) is 0 Å². The van der Waals surface area contributed by atoms with Crippen molar-refractivity contribution in [2.45, 2.75) is 90.8 Å². The Bertz CT molecular complexity index is 304. The molecule has 1 aliphatic carbocycles. The van der Waals surface area contributed by atoms with Crippen molar-refractivity contribution in [2.24, 2.45) is 0 Å². The molecule has 1 N–H and O–H groups in total. The van der Waals surface area contributed by atoms with Crippen molar-refractivity contribution in [3.8, 4) is 0 Å². The summed E-state index contributed by atoms with van der Waals surface area (Å²) in [4.78, 5) is 14.3. The second-order valence-electron chi connectivity index (χ2n) is 6.89. The molecule has 0 aromatic heterocycles. The number of alkyl carbamates (subject to hydrolysis) is 1. The molecule has 1 saturated carbocycles. The second-order valence-corrected chi connectivity index (χ2v) is 6.89. The molecule has 0 aromatic rings. The fourth-order valence-electron chi connectivity index (χ4n) is 3.15. The highest BCUT2D eigenvalue weighted by atomic mass is 16.6. The van der Waals surface area contributed by atoms with Crippen LogP contribution in [0.3, 0.4) is 0 Å². The molecule has 1 heterocycles. The third-order valence-corrected chi connectivity index (χ3v) is 4.09. The van der Waals surface area contributed by atoms with Crippen LogP contribution in [-0.2, 0) is 4.74 Å². The fourth-order valence-corrected chi connectivity index (χ4v) is 3.15. The summed E-state index contributed by atoms with van der Waals surface area (Å²) in [7, 11) is 0. The summed E-state index contributed by atoms with van der Waals surface area (Å²) in [5.74, 6) is 0. The summed E-state index contributed by atoms with van der Waals surface area (Å²) in [5.41, 5.74) is -0.408. The van der Waals surface area contributed by atoms with Gasteiger partial charge >= 0.3 is 6.09 Å². The average Bonchev–Trinajstić information content (AvgIpc) is 2.93. The summed E-state index contributed by atoms with van der Waals surface area (Å²) in [6.07, 6.45) is 7.34. The van der Waals surface area contributed by atoms with Gasteiger partial charge in [-0.05, 0) is 46.5 Å². The first-order valence-corrected chi connectivity index (χ1v) is 8.67. The van der Waals surface area contributed by atoms with Gasteiger partial charge in [0.15, 0.2) is 0 Å². The Morgan fingerprint density at radius 1 is 1.10 bits per heavy atom. The highest BCUT2D eigenvalue weighted by Gasteiger charge is 2.28. The lowest BCUT2D eigenvalue weighted by Crippen LogP contribution is -2.48. The van der Waals surface area contributed by atoms with Crippen molar-refractivity contribution in [3.05, 3.63) is 0 Å². The average molecular weight is 300 g/mol. The molecule has 1 aliphatic heterocycles. The number of carbonyl (C=O) groups is 1. The lowest BCUT2D eigenvalue weighted by Gasteiger charge is -2.36. The van der Waals surface area contributed by atoms with Crippen molar-refractivity contribution in [3.63, 3.8) is 0 Å². The summed E-state index contributed by atoms with van der Waals surface area (Å²) >= 11 is 0. The van der Waals surface area contributed by atoms with Crippen LogP contribution in [0, 0.1) is 0 Å². The number of nitrogens with one attached hydrogen (secondary N) is 1. The molecule has 126 valence electrons. The van der Waals surface area contributed by atoms with E-state index in [-0.39, 0.29) is 13.6 Å². The van der Waals surface area contributed by atoms with Crippen LogP contribution in [0.2, 0.25) is 0 Å². The standard InChI is InChI=1S/C15H28N2O2.C2H6.H2/c1-15(2,3)19-14(18)16-12-8-10-17(11-9-12)13-6-4-5-7-13;1-2;/h12-13H,4-11H2,1-3H3,(H,16,18);1-2H3;1H. The van der Waals surface area contributed by atoms with Crippen LogP contribution in [0.25, 0.3) is 0 Å². The Kier molecular flexibility index (Phi) is 7.50. The third kappa shape index (κ3) is 6.68. The monoisotopic (exact) mass is 300 g/mol. The van der Waals surface area contributed by atoms with E-state index in [2.05, 4.69) is 10.2 Å². The van der Waals surface area contributed by atoms with Crippen LogP contribution in [-0.4, -0.2) is 41.8 Å². The van der Waals surface area contributed by atoms with E-state index in [1.165, 1.54) is 25.7 Å². The lowest BCUT2D eigenvalue weighted by molar-refractivity contribution is 0.0469. The van der Waals surface area contributed by atoms with Gasteiger partial charge in [-0.3, -0.25) is 0 Å². The number of nitrogens with zero attached hydrogens (tertiary/aromatic N) is 1. The largest absolute Gasteiger partial charge is 0.444 e. The van der Waals surface area contributed by atoms with E-state index < -0.39 is 5.60 Å². The number of carbonyl (C=O) groups excluding carboxylic acids is 1. The van der Waals surface area contributed by atoms with Crippen molar-refractivity contribution in [1.29, 1.82) is 0 Å². The number of likely N-dealkylation sites (tertiary alicyclic amines) is 1. The molecular formula is C17H36N2O2. The first kappa shape index (κ1) is 18.3. The number of hydrogen-bond donors (Lipinski definition) is 1. The predicted molar refractivity (Wildman–Crippen MR) is 89.7 cm³/mol. The van der Waals surface area contributed by atoms with Gasteiger partial charge in [-0.25, -0.2) is 4.79 Å². The van der Waals surface area contributed by atoms with E-state index in [1.54, 1.807) is 0 Å². The minimum atomic E-state index is -0.408. The van der Waals surface area contributed by atoms with Crippen molar-refractivity contribution in [1.82, 2.24) is 10.2 Å². The van der Waals surface area contributed by atoms with Crippen LogP contribution in [0.5, 0.6) is 0 Å².